The number of hydrogen-bond acceptors (Lipinski definition) is 3. The lowest BCUT2D eigenvalue weighted by Gasteiger charge is -2.44. The van der Waals surface area contributed by atoms with E-state index in [9.17, 15) is 8.42 Å². The summed E-state index contributed by atoms with van der Waals surface area (Å²) in [5.74, 6) is 0.239. The highest BCUT2D eigenvalue weighted by atomic mass is 32.2. The standard InChI is InChI=1S/C12H26N2O2S/c1-3-10-17(15,16)14(4-2)12(11-13)8-6-5-7-9-12/h3-11,13H2,1-2H3. The predicted octanol–water partition coefficient (Wildman–Crippen LogP) is 1.71. The van der Waals surface area contributed by atoms with Crippen molar-refractivity contribution in [3.05, 3.63) is 0 Å². The normalized spacial score (nSPS) is 20.7. The van der Waals surface area contributed by atoms with Crippen LogP contribution in [0, 0.1) is 0 Å². The topological polar surface area (TPSA) is 63.4 Å². The van der Waals surface area contributed by atoms with Crippen molar-refractivity contribution in [3.8, 4) is 0 Å². The summed E-state index contributed by atoms with van der Waals surface area (Å²) in [6, 6.07) is 0. The predicted molar refractivity (Wildman–Crippen MR) is 71.3 cm³/mol. The molecule has 0 spiro atoms. The van der Waals surface area contributed by atoms with Crippen LogP contribution in [0.1, 0.15) is 52.4 Å². The van der Waals surface area contributed by atoms with E-state index in [1.807, 2.05) is 13.8 Å². The monoisotopic (exact) mass is 262 g/mol. The second-order valence-corrected chi connectivity index (χ2v) is 6.98. The van der Waals surface area contributed by atoms with E-state index in [4.69, 9.17) is 5.73 Å². The smallest absolute Gasteiger partial charge is 0.214 e. The molecule has 4 nitrogen and oxygen atoms in total. The van der Waals surface area contributed by atoms with Crippen LogP contribution in [0.5, 0.6) is 0 Å². The van der Waals surface area contributed by atoms with Crippen LogP contribution in [-0.2, 0) is 10.0 Å². The Morgan fingerprint density at radius 2 is 1.76 bits per heavy atom. The quantitative estimate of drug-likeness (QED) is 0.792. The zero-order chi connectivity index (χ0) is 12.9. The number of likely N-dealkylation sites (N-methyl/N-ethyl adjacent to an activating group) is 1. The molecule has 2 N–H and O–H groups in total. The Labute approximate surface area is 106 Å². The van der Waals surface area contributed by atoms with E-state index in [-0.39, 0.29) is 11.3 Å². The largest absolute Gasteiger partial charge is 0.329 e. The molecule has 1 saturated carbocycles. The first-order valence-electron chi connectivity index (χ1n) is 6.73. The number of nitrogens with zero attached hydrogens (tertiary/aromatic N) is 1. The highest BCUT2D eigenvalue weighted by molar-refractivity contribution is 7.89. The summed E-state index contributed by atoms with van der Waals surface area (Å²) >= 11 is 0. The molecule has 0 saturated heterocycles. The lowest BCUT2D eigenvalue weighted by atomic mass is 9.81. The van der Waals surface area contributed by atoms with Gasteiger partial charge in [0.15, 0.2) is 0 Å². The zero-order valence-electron chi connectivity index (χ0n) is 11.1. The van der Waals surface area contributed by atoms with E-state index in [0.29, 0.717) is 19.5 Å². The minimum Gasteiger partial charge on any atom is -0.329 e. The van der Waals surface area contributed by atoms with Crippen molar-refractivity contribution >= 4 is 10.0 Å². The molecule has 0 heterocycles. The second-order valence-electron chi connectivity index (χ2n) is 4.97. The Morgan fingerprint density at radius 3 is 2.18 bits per heavy atom. The van der Waals surface area contributed by atoms with Gasteiger partial charge >= 0.3 is 0 Å². The minimum atomic E-state index is -3.14. The summed E-state index contributed by atoms with van der Waals surface area (Å²) in [5.41, 5.74) is 5.60. The van der Waals surface area contributed by atoms with Crippen molar-refractivity contribution in [2.45, 2.75) is 57.9 Å². The molecule has 0 bridgehead atoms. The molecular formula is C12H26N2O2S. The Kier molecular flexibility index (Phi) is 5.41. The van der Waals surface area contributed by atoms with Gasteiger partial charge in [0.2, 0.25) is 10.0 Å². The van der Waals surface area contributed by atoms with E-state index < -0.39 is 10.0 Å². The van der Waals surface area contributed by atoms with Crippen molar-refractivity contribution in [3.63, 3.8) is 0 Å². The van der Waals surface area contributed by atoms with Gasteiger partial charge in [0.25, 0.3) is 0 Å². The number of sulfonamides is 1. The van der Waals surface area contributed by atoms with Gasteiger partial charge < -0.3 is 5.73 Å². The fourth-order valence-electron chi connectivity index (χ4n) is 2.96. The van der Waals surface area contributed by atoms with Gasteiger partial charge in [-0.1, -0.05) is 33.1 Å². The van der Waals surface area contributed by atoms with E-state index in [1.54, 1.807) is 4.31 Å². The van der Waals surface area contributed by atoms with Gasteiger partial charge in [-0.05, 0) is 19.3 Å². The van der Waals surface area contributed by atoms with Gasteiger partial charge in [-0.2, -0.15) is 4.31 Å². The molecule has 102 valence electrons. The van der Waals surface area contributed by atoms with E-state index in [1.165, 1.54) is 6.42 Å². The minimum absolute atomic E-state index is 0.239. The van der Waals surface area contributed by atoms with Gasteiger partial charge in [-0.3, -0.25) is 0 Å². The molecule has 5 heteroatoms. The maximum atomic E-state index is 12.3. The molecule has 1 aliphatic carbocycles. The van der Waals surface area contributed by atoms with Gasteiger partial charge in [-0.25, -0.2) is 8.42 Å². The fraction of sp³-hybridized carbons (Fsp3) is 1.00. The van der Waals surface area contributed by atoms with Crippen LogP contribution in [0.3, 0.4) is 0 Å². The Morgan fingerprint density at radius 1 is 1.18 bits per heavy atom. The lowest BCUT2D eigenvalue weighted by molar-refractivity contribution is 0.141. The molecule has 0 atom stereocenters. The third-order valence-corrected chi connectivity index (χ3v) is 6.02. The van der Waals surface area contributed by atoms with Crippen LogP contribution < -0.4 is 5.73 Å². The van der Waals surface area contributed by atoms with Crippen molar-refractivity contribution in [1.29, 1.82) is 0 Å². The Hall–Kier alpha value is -0.130. The SMILES string of the molecule is CCCS(=O)(=O)N(CC)C1(CN)CCCCC1. The van der Waals surface area contributed by atoms with Gasteiger partial charge in [0.05, 0.1) is 5.75 Å². The number of nitrogens with two attached hydrogens (primary N) is 1. The first-order valence-corrected chi connectivity index (χ1v) is 8.34. The van der Waals surface area contributed by atoms with Crippen LogP contribution in [0.15, 0.2) is 0 Å². The lowest BCUT2D eigenvalue weighted by Crippen LogP contribution is -2.57. The molecule has 1 rings (SSSR count). The van der Waals surface area contributed by atoms with Crippen LogP contribution in [0.4, 0.5) is 0 Å². The maximum Gasteiger partial charge on any atom is 0.214 e. The number of hydrogen-bond donors (Lipinski definition) is 1. The third kappa shape index (κ3) is 3.20. The summed E-state index contributed by atoms with van der Waals surface area (Å²) in [7, 11) is -3.14. The van der Waals surface area contributed by atoms with Crippen LogP contribution in [0.25, 0.3) is 0 Å². The highest BCUT2D eigenvalue weighted by Gasteiger charge is 2.41. The third-order valence-electron chi connectivity index (χ3n) is 3.78. The van der Waals surface area contributed by atoms with Crippen LogP contribution in [-0.4, -0.2) is 37.1 Å². The molecule has 1 aliphatic rings. The molecular weight excluding hydrogens is 236 g/mol. The first-order chi connectivity index (χ1) is 8.02. The summed E-state index contributed by atoms with van der Waals surface area (Å²) in [4.78, 5) is 0. The van der Waals surface area contributed by atoms with Gasteiger partial charge in [-0.15, -0.1) is 0 Å². The zero-order valence-corrected chi connectivity index (χ0v) is 11.9. The number of rotatable bonds is 6. The van der Waals surface area contributed by atoms with Crippen molar-refractivity contribution in [2.75, 3.05) is 18.8 Å². The summed E-state index contributed by atoms with van der Waals surface area (Å²) in [6.07, 6.45) is 5.89. The summed E-state index contributed by atoms with van der Waals surface area (Å²) in [5, 5.41) is 0. The molecule has 0 unspecified atom stereocenters. The molecule has 0 aromatic heterocycles. The molecule has 0 radical (unpaired) electrons. The van der Waals surface area contributed by atoms with Crippen molar-refractivity contribution in [2.24, 2.45) is 5.73 Å². The molecule has 0 aromatic rings. The molecule has 1 fully saturated rings. The Bertz CT molecular complexity index is 321. The van der Waals surface area contributed by atoms with Gasteiger partial charge in [0.1, 0.15) is 0 Å². The molecule has 0 aromatic carbocycles. The fourth-order valence-corrected chi connectivity index (χ4v) is 4.94. The van der Waals surface area contributed by atoms with Crippen LogP contribution in [0.2, 0.25) is 0 Å². The maximum absolute atomic E-state index is 12.3. The Balaban J connectivity index is 2.97. The molecule has 0 aliphatic heterocycles. The van der Waals surface area contributed by atoms with E-state index >= 15 is 0 Å². The van der Waals surface area contributed by atoms with E-state index in [2.05, 4.69) is 0 Å². The first kappa shape index (κ1) is 14.9. The average Bonchev–Trinajstić information content (AvgIpc) is 2.30. The van der Waals surface area contributed by atoms with Crippen molar-refractivity contribution < 1.29 is 8.42 Å². The summed E-state index contributed by atoms with van der Waals surface area (Å²) in [6.45, 7) is 4.81. The second kappa shape index (κ2) is 6.16. The molecule has 17 heavy (non-hydrogen) atoms. The van der Waals surface area contributed by atoms with Crippen molar-refractivity contribution in [1.82, 2.24) is 4.31 Å². The van der Waals surface area contributed by atoms with Gasteiger partial charge in [0, 0.05) is 18.6 Å². The van der Waals surface area contributed by atoms with E-state index in [0.717, 1.165) is 25.7 Å². The highest BCUT2D eigenvalue weighted by Crippen LogP contribution is 2.34. The summed E-state index contributed by atoms with van der Waals surface area (Å²) < 4.78 is 26.3. The molecule has 0 amide bonds. The van der Waals surface area contributed by atoms with Crippen LogP contribution >= 0.6 is 0 Å². The average molecular weight is 262 g/mol.